The fourth-order valence-corrected chi connectivity index (χ4v) is 1.44. The molecule has 1 rings (SSSR count). The van der Waals surface area contributed by atoms with Crippen LogP contribution in [0.15, 0.2) is 12.1 Å². The third kappa shape index (κ3) is 2.21. The summed E-state index contributed by atoms with van der Waals surface area (Å²) < 4.78 is 0. The highest BCUT2D eigenvalue weighted by Crippen LogP contribution is 2.33. The molecule has 0 unspecified atom stereocenters. The molecule has 1 atom stereocenters. The lowest BCUT2D eigenvalue weighted by molar-refractivity contribution is 0.0693. The number of rotatable bonds is 3. The summed E-state index contributed by atoms with van der Waals surface area (Å²) in [7, 11) is 0. The molecule has 15 heavy (non-hydrogen) atoms. The summed E-state index contributed by atoms with van der Waals surface area (Å²) in [6, 6.07) is 2.89. The third-order valence-electron chi connectivity index (χ3n) is 2.54. The van der Waals surface area contributed by atoms with Crippen molar-refractivity contribution in [3.05, 3.63) is 23.3 Å². The summed E-state index contributed by atoms with van der Waals surface area (Å²) in [5.74, 6) is -1.25. The van der Waals surface area contributed by atoms with Crippen LogP contribution >= 0.6 is 0 Å². The second-order valence-electron chi connectivity index (χ2n) is 3.62. The van der Waals surface area contributed by atoms with E-state index in [1.807, 2.05) is 13.8 Å². The van der Waals surface area contributed by atoms with Gasteiger partial charge in [-0.2, -0.15) is 0 Å². The fourth-order valence-electron chi connectivity index (χ4n) is 1.44. The highest BCUT2D eigenvalue weighted by atomic mass is 16.4. The molecule has 1 aromatic rings. The van der Waals surface area contributed by atoms with E-state index in [2.05, 4.69) is 0 Å². The minimum absolute atomic E-state index is 0.0894. The molecule has 0 bridgehead atoms. The van der Waals surface area contributed by atoms with Crippen LogP contribution in [0.5, 0.6) is 5.75 Å². The standard InChI is InChI=1S/C11H15NO3/c1-3-6(2)8-4-7(12)5-9(10(8)13)11(14)15/h4-6,13H,3,12H2,1-2H3,(H,14,15)/t6-/m1/s1. The Labute approximate surface area is 88.3 Å². The van der Waals surface area contributed by atoms with Gasteiger partial charge in [-0.15, -0.1) is 0 Å². The van der Waals surface area contributed by atoms with E-state index < -0.39 is 5.97 Å². The van der Waals surface area contributed by atoms with Gasteiger partial charge in [-0.1, -0.05) is 13.8 Å². The first-order chi connectivity index (χ1) is 6.97. The molecule has 0 amide bonds. The average molecular weight is 209 g/mol. The number of nitrogen functional groups attached to an aromatic ring is 1. The molecule has 0 radical (unpaired) electrons. The number of hydrogen-bond donors (Lipinski definition) is 3. The van der Waals surface area contributed by atoms with Gasteiger partial charge in [-0.25, -0.2) is 4.79 Å². The molecule has 0 aliphatic rings. The van der Waals surface area contributed by atoms with E-state index in [-0.39, 0.29) is 17.2 Å². The van der Waals surface area contributed by atoms with Crippen molar-refractivity contribution in [2.45, 2.75) is 26.2 Å². The van der Waals surface area contributed by atoms with E-state index in [0.717, 1.165) is 6.42 Å². The molecule has 4 nitrogen and oxygen atoms in total. The largest absolute Gasteiger partial charge is 0.507 e. The summed E-state index contributed by atoms with van der Waals surface area (Å²) >= 11 is 0. The summed E-state index contributed by atoms with van der Waals surface area (Å²) in [4.78, 5) is 10.8. The molecule has 0 fully saturated rings. The Morgan fingerprint density at radius 1 is 1.53 bits per heavy atom. The van der Waals surface area contributed by atoms with Crippen molar-refractivity contribution in [1.82, 2.24) is 0 Å². The zero-order valence-electron chi connectivity index (χ0n) is 8.82. The van der Waals surface area contributed by atoms with Gasteiger partial charge >= 0.3 is 5.97 Å². The van der Waals surface area contributed by atoms with Crippen LogP contribution in [0.4, 0.5) is 5.69 Å². The number of carbonyl (C=O) groups is 1. The first kappa shape index (κ1) is 11.4. The van der Waals surface area contributed by atoms with E-state index in [4.69, 9.17) is 10.8 Å². The van der Waals surface area contributed by atoms with Crippen molar-refractivity contribution in [2.75, 3.05) is 5.73 Å². The Hall–Kier alpha value is -1.71. The maximum Gasteiger partial charge on any atom is 0.339 e. The number of anilines is 1. The zero-order valence-corrected chi connectivity index (χ0v) is 8.82. The third-order valence-corrected chi connectivity index (χ3v) is 2.54. The van der Waals surface area contributed by atoms with Gasteiger partial charge in [-0.05, 0) is 30.0 Å². The second-order valence-corrected chi connectivity index (χ2v) is 3.62. The molecule has 0 saturated heterocycles. The van der Waals surface area contributed by atoms with Crippen LogP contribution in [0.2, 0.25) is 0 Å². The summed E-state index contributed by atoms with van der Waals surface area (Å²) in [6.45, 7) is 3.88. The van der Waals surface area contributed by atoms with Crippen molar-refractivity contribution >= 4 is 11.7 Å². The van der Waals surface area contributed by atoms with Gasteiger partial charge in [0.2, 0.25) is 0 Å². The Bertz CT molecular complexity index is 388. The molecule has 0 saturated carbocycles. The number of carboxylic acid groups (broad SMARTS) is 1. The van der Waals surface area contributed by atoms with Gasteiger partial charge in [0.1, 0.15) is 11.3 Å². The number of aromatic hydroxyl groups is 1. The van der Waals surface area contributed by atoms with Crippen molar-refractivity contribution < 1.29 is 15.0 Å². The van der Waals surface area contributed by atoms with Gasteiger partial charge < -0.3 is 15.9 Å². The molecule has 4 N–H and O–H groups in total. The number of benzene rings is 1. The van der Waals surface area contributed by atoms with E-state index in [0.29, 0.717) is 11.3 Å². The van der Waals surface area contributed by atoms with Crippen LogP contribution in [0.25, 0.3) is 0 Å². The van der Waals surface area contributed by atoms with E-state index in [1.165, 1.54) is 6.07 Å². The van der Waals surface area contributed by atoms with Crippen molar-refractivity contribution in [3.63, 3.8) is 0 Å². The quantitative estimate of drug-likeness (QED) is 0.526. The summed E-state index contributed by atoms with van der Waals surface area (Å²) in [5, 5.41) is 18.6. The van der Waals surface area contributed by atoms with E-state index in [1.54, 1.807) is 6.07 Å². The maximum atomic E-state index is 10.8. The van der Waals surface area contributed by atoms with Crippen molar-refractivity contribution in [1.29, 1.82) is 0 Å². The molecule has 4 heteroatoms. The van der Waals surface area contributed by atoms with Gasteiger partial charge in [0, 0.05) is 5.69 Å². The topological polar surface area (TPSA) is 83.6 Å². The average Bonchev–Trinajstić information content (AvgIpc) is 2.19. The molecule has 0 spiro atoms. The molecule has 0 heterocycles. The monoisotopic (exact) mass is 209 g/mol. The van der Waals surface area contributed by atoms with Gasteiger partial charge in [0.05, 0.1) is 0 Å². The van der Waals surface area contributed by atoms with Crippen LogP contribution in [-0.2, 0) is 0 Å². The Kier molecular flexibility index (Phi) is 3.19. The number of phenols is 1. The first-order valence-electron chi connectivity index (χ1n) is 4.83. The second kappa shape index (κ2) is 4.21. The predicted octanol–water partition coefficient (Wildman–Crippen LogP) is 2.19. The Morgan fingerprint density at radius 2 is 2.13 bits per heavy atom. The van der Waals surface area contributed by atoms with Crippen LogP contribution in [0, 0.1) is 0 Å². The molecule has 1 aromatic carbocycles. The first-order valence-corrected chi connectivity index (χ1v) is 4.83. The zero-order chi connectivity index (χ0) is 11.6. The number of aromatic carboxylic acids is 1. The Balaban J connectivity index is 3.34. The normalized spacial score (nSPS) is 12.4. The molecule has 0 aliphatic carbocycles. The van der Waals surface area contributed by atoms with Crippen molar-refractivity contribution in [2.24, 2.45) is 0 Å². The van der Waals surface area contributed by atoms with Gasteiger partial charge in [-0.3, -0.25) is 0 Å². The van der Waals surface area contributed by atoms with Crippen LogP contribution < -0.4 is 5.73 Å². The molecular formula is C11H15NO3. The molecular weight excluding hydrogens is 194 g/mol. The maximum absolute atomic E-state index is 10.8. The molecule has 0 aromatic heterocycles. The minimum Gasteiger partial charge on any atom is -0.507 e. The lowest BCUT2D eigenvalue weighted by Crippen LogP contribution is -2.03. The van der Waals surface area contributed by atoms with E-state index >= 15 is 0 Å². The summed E-state index contributed by atoms with van der Waals surface area (Å²) in [6.07, 6.45) is 0.816. The van der Waals surface area contributed by atoms with Crippen LogP contribution in [0.1, 0.15) is 42.1 Å². The van der Waals surface area contributed by atoms with Crippen molar-refractivity contribution in [3.8, 4) is 5.75 Å². The number of hydrogen-bond acceptors (Lipinski definition) is 3. The highest BCUT2D eigenvalue weighted by molar-refractivity contribution is 5.92. The predicted molar refractivity (Wildman–Crippen MR) is 58.2 cm³/mol. The van der Waals surface area contributed by atoms with Gasteiger partial charge in [0.15, 0.2) is 0 Å². The number of carboxylic acids is 1. The molecule has 82 valence electrons. The minimum atomic E-state index is -1.16. The summed E-state index contributed by atoms with van der Waals surface area (Å²) in [5.41, 5.74) is 6.40. The van der Waals surface area contributed by atoms with Gasteiger partial charge in [0.25, 0.3) is 0 Å². The fraction of sp³-hybridized carbons (Fsp3) is 0.364. The molecule has 0 aliphatic heterocycles. The SMILES string of the molecule is CC[C@@H](C)c1cc(N)cc(C(=O)O)c1O. The van der Waals surface area contributed by atoms with E-state index in [9.17, 15) is 9.90 Å². The lowest BCUT2D eigenvalue weighted by Gasteiger charge is -2.13. The Morgan fingerprint density at radius 3 is 2.60 bits per heavy atom. The lowest BCUT2D eigenvalue weighted by atomic mass is 9.95. The number of nitrogens with two attached hydrogens (primary N) is 1. The van der Waals surface area contributed by atoms with Crippen LogP contribution in [0.3, 0.4) is 0 Å². The smallest absolute Gasteiger partial charge is 0.339 e. The highest BCUT2D eigenvalue weighted by Gasteiger charge is 2.17. The van der Waals surface area contributed by atoms with Crippen LogP contribution in [-0.4, -0.2) is 16.2 Å².